The maximum Gasteiger partial charge on any atom is 0.166 e. The minimum absolute atomic E-state index is 0.601. The van der Waals surface area contributed by atoms with Gasteiger partial charge in [-0.25, -0.2) is 15.0 Å². The Morgan fingerprint density at radius 1 is 0.323 bits per heavy atom. The number of hydrogen-bond acceptors (Lipinski definition) is 3. The van der Waals surface area contributed by atoms with Gasteiger partial charge in [-0.1, -0.05) is 157 Å². The van der Waals surface area contributed by atoms with Crippen molar-refractivity contribution in [3.63, 3.8) is 0 Å². The number of nitrogens with zero attached hydrogens (tertiary/aromatic N) is 5. The molecule has 0 saturated carbocycles. The molecule has 0 aliphatic heterocycles. The quantitative estimate of drug-likeness (QED) is 0.161. The van der Waals surface area contributed by atoms with E-state index in [9.17, 15) is 0 Å². The van der Waals surface area contributed by atoms with E-state index in [4.69, 9.17) is 15.0 Å². The summed E-state index contributed by atoms with van der Waals surface area (Å²) in [4.78, 5) is 15.8. The zero-order valence-corrected chi connectivity index (χ0v) is 36.4. The molecule has 65 heavy (non-hydrogen) atoms. The summed E-state index contributed by atoms with van der Waals surface area (Å²) in [7, 11) is 0. The fraction of sp³-hybridized carbons (Fsp3) is 0.0500. The Labute approximate surface area is 377 Å². The molecule has 308 valence electrons. The standard InChI is InChI=1S/C60H43N5/c1-38-33-39(2)57(40(3)34-38)45-27-30-49-47-23-13-16-26-53(47)65(56(49)37-45)55-32-29-44(43-28-31-54-50(35-43)48-24-14-15-25-52(48)64(54)46-21-11-6-12-22-46)36-51(55)60-62-58(41-17-7-4-8-18-41)61-59(63-60)42-19-9-5-10-20-42/h4-37H,1-3H3. The van der Waals surface area contributed by atoms with Crippen LogP contribution in [-0.2, 0) is 0 Å². The lowest BCUT2D eigenvalue weighted by atomic mass is 9.93. The maximum atomic E-state index is 5.35. The van der Waals surface area contributed by atoms with Crippen molar-refractivity contribution in [2.75, 3.05) is 0 Å². The molecule has 9 aromatic carbocycles. The average Bonchev–Trinajstić information content (AvgIpc) is 3.86. The first kappa shape index (κ1) is 38.3. The Bertz CT molecular complexity index is 3710. The van der Waals surface area contributed by atoms with Crippen molar-refractivity contribution in [3.05, 3.63) is 223 Å². The van der Waals surface area contributed by atoms with Gasteiger partial charge in [0, 0.05) is 43.9 Å². The number of hydrogen-bond donors (Lipinski definition) is 0. The van der Waals surface area contributed by atoms with Gasteiger partial charge in [0.2, 0.25) is 0 Å². The summed E-state index contributed by atoms with van der Waals surface area (Å²) in [6.07, 6.45) is 0. The number of para-hydroxylation sites is 3. The van der Waals surface area contributed by atoms with Crippen LogP contribution in [0.1, 0.15) is 16.7 Å². The van der Waals surface area contributed by atoms with Gasteiger partial charge in [0.05, 0.1) is 27.8 Å². The van der Waals surface area contributed by atoms with E-state index in [1.54, 1.807) is 0 Å². The van der Waals surface area contributed by atoms with Crippen LogP contribution in [0, 0.1) is 20.8 Å². The van der Waals surface area contributed by atoms with E-state index in [0.29, 0.717) is 17.5 Å². The largest absolute Gasteiger partial charge is 0.309 e. The van der Waals surface area contributed by atoms with Gasteiger partial charge >= 0.3 is 0 Å². The molecule has 0 N–H and O–H groups in total. The third-order valence-electron chi connectivity index (χ3n) is 12.8. The van der Waals surface area contributed by atoms with Crippen molar-refractivity contribution in [1.82, 2.24) is 24.1 Å². The molecule has 0 fully saturated rings. The van der Waals surface area contributed by atoms with Crippen LogP contribution in [0.15, 0.2) is 206 Å². The highest BCUT2D eigenvalue weighted by Gasteiger charge is 2.22. The fourth-order valence-corrected chi connectivity index (χ4v) is 10.0. The minimum Gasteiger partial charge on any atom is -0.309 e. The topological polar surface area (TPSA) is 48.5 Å². The highest BCUT2D eigenvalue weighted by molar-refractivity contribution is 6.12. The molecule has 0 amide bonds. The molecule has 0 saturated heterocycles. The molecular formula is C60H43N5. The zero-order valence-electron chi connectivity index (χ0n) is 36.4. The van der Waals surface area contributed by atoms with Gasteiger partial charge in [0.25, 0.3) is 0 Å². The van der Waals surface area contributed by atoms with Crippen LogP contribution in [-0.4, -0.2) is 24.1 Å². The third kappa shape index (κ3) is 6.51. The minimum atomic E-state index is 0.601. The van der Waals surface area contributed by atoms with Crippen molar-refractivity contribution in [2.45, 2.75) is 20.8 Å². The predicted octanol–water partition coefficient (Wildman–Crippen LogP) is 15.3. The number of benzene rings is 9. The molecule has 12 aromatic rings. The van der Waals surface area contributed by atoms with Crippen LogP contribution in [0.4, 0.5) is 0 Å². The second-order valence-corrected chi connectivity index (χ2v) is 17.0. The van der Waals surface area contributed by atoms with Gasteiger partial charge in [0.1, 0.15) is 0 Å². The molecule has 0 spiro atoms. The van der Waals surface area contributed by atoms with Gasteiger partial charge in [-0.2, -0.15) is 0 Å². The van der Waals surface area contributed by atoms with Gasteiger partial charge in [-0.3, -0.25) is 0 Å². The molecular weight excluding hydrogens is 791 g/mol. The van der Waals surface area contributed by atoms with Gasteiger partial charge in [0.15, 0.2) is 17.5 Å². The molecule has 5 heteroatoms. The van der Waals surface area contributed by atoms with Gasteiger partial charge in [-0.15, -0.1) is 0 Å². The Balaban J connectivity index is 1.14. The Morgan fingerprint density at radius 2 is 0.815 bits per heavy atom. The summed E-state index contributed by atoms with van der Waals surface area (Å²) < 4.78 is 4.77. The van der Waals surface area contributed by atoms with Crippen LogP contribution >= 0.6 is 0 Å². The second-order valence-electron chi connectivity index (χ2n) is 17.0. The summed E-state index contributed by atoms with van der Waals surface area (Å²) in [6.45, 7) is 6.61. The smallest absolute Gasteiger partial charge is 0.166 e. The van der Waals surface area contributed by atoms with Crippen LogP contribution in [0.25, 0.3) is 111 Å². The van der Waals surface area contributed by atoms with E-state index in [0.717, 1.165) is 55.7 Å². The highest BCUT2D eigenvalue weighted by atomic mass is 15.1. The Kier molecular flexibility index (Phi) is 9.09. The van der Waals surface area contributed by atoms with Crippen molar-refractivity contribution in [1.29, 1.82) is 0 Å². The monoisotopic (exact) mass is 833 g/mol. The number of aryl methyl sites for hydroxylation is 3. The lowest BCUT2D eigenvalue weighted by Gasteiger charge is -2.17. The second kappa shape index (κ2) is 15.4. The Morgan fingerprint density at radius 3 is 1.48 bits per heavy atom. The Hall–Kier alpha value is -8.41. The van der Waals surface area contributed by atoms with Crippen molar-refractivity contribution >= 4 is 43.6 Å². The number of aromatic nitrogens is 5. The first-order valence-electron chi connectivity index (χ1n) is 22.2. The van der Waals surface area contributed by atoms with Gasteiger partial charge < -0.3 is 9.13 Å². The van der Waals surface area contributed by atoms with E-state index in [1.807, 2.05) is 36.4 Å². The molecule has 0 atom stereocenters. The van der Waals surface area contributed by atoms with E-state index in [-0.39, 0.29) is 0 Å². The summed E-state index contributed by atoms with van der Waals surface area (Å²) >= 11 is 0. The van der Waals surface area contributed by atoms with Crippen molar-refractivity contribution < 1.29 is 0 Å². The van der Waals surface area contributed by atoms with Crippen molar-refractivity contribution in [3.8, 4) is 67.8 Å². The number of rotatable bonds is 7. The molecule has 3 aromatic heterocycles. The molecule has 3 heterocycles. The molecule has 0 aliphatic rings. The highest BCUT2D eigenvalue weighted by Crippen LogP contribution is 2.42. The van der Waals surface area contributed by atoms with E-state index < -0.39 is 0 Å². The van der Waals surface area contributed by atoms with Crippen LogP contribution in [0.3, 0.4) is 0 Å². The SMILES string of the molecule is Cc1cc(C)c(-c2ccc3c4ccccc4n(-c4ccc(-c5ccc6c(c5)c5ccccc5n6-c5ccccc5)cc4-c4nc(-c5ccccc5)nc(-c5ccccc5)n4)c3c2)c(C)c1. The summed E-state index contributed by atoms with van der Waals surface area (Å²) in [5.41, 5.74) is 17.9. The molecule has 0 unspecified atom stereocenters. The first-order valence-corrected chi connectivity index (χ1v) is 22.2. The van der Waals surface area contributed by atoms with Gasteiger partial charge in [-0.05, 0) is 109 Å². The van der Waals surface area contributed by atoms with Crippen LogP contribution in [0.5, 0.6) is 0 Å². The summed E-state index contributed by atoms with van der Waals surface area (Å²) in [5.74, 6) is 1.84. The predicted molar refractivity (Wildman–Crippen MR) is 270 cm³/mol. The van der Waals surface area contributed by atoms with Crippen molar-refractivity contribution in [2.24, 2.45) is 0 Å². The van der Waals surface area contributed by atoms with E-state index >= 15 is 0 Å². The molecule has 5 nitrogen and oxygen atoms in total. The fourth-order valence-electron chi connectivity index (χ4n) is 10.0. The van der Waals surface area contributed by atoms with E-state index in [2.05, 4.69) is 200 Å². The van der Waals surface area contributed by atoms with Crippen LogP contribution in [0.2, 0.25) is 0 Å². The first-order chi connectivity index (χ1) is 32.0. The number of fused-ring (bicyclic) bond motifs is 6. The maximum absolute atomic E-state index is 5.35. The summed E-state index contributed by atoms with van der Waals surface area (Å²) in [6, 6.07) is 73.6. The van der Waals surface area contributed by atoms with Crippen LogP contribution < -0.4 is 0 Å². The average molecular weight is 834 g/mol. The van der Waals surface area contributed by atoms with E-state index in [1.165, 1.54) is 54.9 Å². The summed E-state index contributed by atoms with van der Waals surface area (Å²) in [5, 5.41) is 4.78. The lowest BCUT2D eigenvalue weighted by molar-refractivity contribution is 1.06. The zero-order chi connectivity index (χ0) is 43.6. The molecule has 12 rings (SSSR count). The molecule has 0 aliphatic carbocycles. The third-order valence-corrected chi connectivity index (χ3v) is 12.8. The normalized spacial score (nSPS) is 11.6. The molecule has 0 bridgehead atoms. The molecule has 0 radical (unpaired) electrons. The lowest BCUT2D eigenvalue weighted by Crippen LogP contribution is -2.04.